The van der Waals surface area contributed by atoms with E-state index in [2.05, 4.69) is 4.74 Å². The van der Waals surface area contributed by atoms with E-state index in [9.17, 15) is 9.18 Å². The van der Waals surface area contributed by atoms with Crippen molar-refractivity contribution in [1.29, 1.82) is 0 Å². The predicted molar refractivity (Wildman–Crippen MR) is 111 cm³/mol. The first-order valence-corrected chi connectivity index (χ1v) is 9.35. The molecule has 0 saturated carbocycles. The summed E-state index contributed by atoms with van der Waals surface area (Å²) >= 11 is 12.4. The Hall–Kier alpha value is -3.02. The molecule has 0 unspecified atom stereocenters. The molecule has 2 aromatic heterocycles. The number of pyridine rings is 1. The van der Waals surface area contributed by atoms with Crippen LogP contribution in [0, 0.1) is 5.82 Å². The summed E-state index contributed by atoms with van der Waals surface area (Å²) in [6.45, 7) is 0. The van der Waals surface area contributed by atoms with Crippen molar-refractivity contribution >= 4 is 34.7 Å². The lowest BCUT2D eigenvalue weighted by Gasteiger charge is -2.09. The number of hydrogen-bond donors (Lipinski definition) is 0. The van der Waals surface area contributed by atoms with Crippen molar-refractivity contribution in [2.75, 3.05) is 7.11 Å². The number of methoxy groups -OCH3 is 1. The first-order chi connectivity index (χ1) is 14.0. The van der Waals surface area contributed by atoms with Crippen molar-refractivity contribution in [3.63, 3.8) is 0 Å². The number of carbonyl (C=O) groups excluding carboxylic acids is 1. The van der Waals surface area contributed by atoms with E-state index in [1.165, 1.54) is 19.2 Å². The molecule has 7 heteroatoms. The molecule has 0 N–H and O–H groups in total. The quantitative estimate of drug-likeness (QED) is 0.341. The minimum absolute atomic E-state index is 0.136. The largest absolute Gasteiger partial charge is 0.465 e. The highest BCUT2D eigenvalue weighted by atomic mass is 35.5. The van der Waals surface area contributed by atoms with Crippen LogP contribution in [0.5, 0.6) is 11.6 Å². The number of benzene rings is 2. The molecule has 0 saturated heterocycles. The Morgan fingerprint density at radius 1 is 0.966 bits per heavy atom. The number of para-hydroxylation sites is 1. The van der Waals surface area contributed by atoms with Crippen LogP contribution in [0.4, 0.5) is 4.39 Å². The van der Waals surface area contributed by atoms with E-state index in [1.54, 1.807) is 34.9 Å². The van der Waals surface area contributed by atoms with Gasteiger partial charge in [-0.3, -0.25) is 4.40 Å². The van der Waals surface area contributed by atoms with Crippen LogP contribution in [0.2, 0.25) is 10.0 Å². The molecular weight excluding hydrogens is 416 g/mol. The van der Waals surface area contributed by atoms with Gasteiger partial charge in [-0.15, -0.1) is 0 Å². The van der Waals surface area contributed by atoms with Crippen LogP contribution in [0.25, 0.3) is 16.6 Å². The van der Waals surface area contributed by atoms with Gasteiger partial charge in [-0.05, 0) is 36.4 Å². The summed E-state index contributed by atoms with van der Waals surface area (Å²) in [6.07, 6.45) is 1.79. The molecule has 0 spiro atoms. The molecule has 0 bridgehead atoms. The Morgan fingerprint density at radius 3 is 2.41 bits per heavy atom. The third kappa shape index (κ3) is 3.55. The van der Waals surface area contributed by atoms with Crippen molar-refractivity contribution in [3.05, 3.63) is 88.3 Å². The predicted octanol–water partition coefficient (Wildman–Crippen LogP) is 6.63. The highest BCUT2D eigenvalue weighted by Gasteiger charge is 2.18. The molecule has 2 heterocycles. The maximum absolute atomic E-state index is 14.8. The summed E-state index contributed by atoms with van der Waals surface area (Å²) in [4.78, 5) is 11.7. The maximum atomic E-state index is 14.8. The van der Waals surface area contributed by atoms with Crippen LogP contribution in [0.1, 0.15) is 10.4 Å². The van der Waals surface area contributed by atoms with Crippen molar-refractivity contribution in [1.82, 2.24) is 4.40 Å². The van der Waals surface area contributed by atoms with Crippen LogP contribution in [-0.2, 0) is 4.74 Å². The van der Waals surface area contributed by atoms with Crippen LogP contribution in [0.15, 0.2) is 66.9 Å². The second-order valence-electron chi connectivity index (χ2n) is 6.19. The van der Waals surface area contributed by atoms with E-state index >= 15 is 0 Å². The average Bonchev–Trinajstić information content (AvgIpc) is 3.08. The van der Waals surface area contributed by atoms with Crippen LogP contribution < -0.4 is 4.74 Å². The van der Waals surface area contributed by atoms with Gasteiger partial charge in [0.15, 0.2) is 5.75 Å². The number of fused-ring (bicyclic) bond motifs is 1. The fourth-order valence-electron chi connectivity index (χ4n) is 3.08. The minimum Gasteiger partial charge on any atom is -0.465 e. The molecule has 146 valence electrons. The number of ether oxygens (including phenoxy) is 2. The van der Waals surface area contributed by atoms with Gasteiger partial charge in [0.1, 0.15) is 5.82 Å². The molecule has 0 radical (unpaired) electrons. The monoisotopic (exact) mass is 429 g/mol. The number of aromatic nitrogens is 1. The van der Waals surface area contributed by atoms with E-state index in [0.717, 1.165) is 11.6 Å². The highest BCUT2D eigenvalue weighted by Crippen LogP contribution is 2.40. The van der Waals surface area contributed by atoms with Gasteiger partial charge in [0.05, 0.1) is 28.2 Å². The molecular formula is C22H14Cl2FNO3. The lowest BCUT2D eigenvalue weighted by Crippen LogP contribution is -2.01. The van der Waals surface area contributed by atoms with Crippen molar-refractivity contribution in [2.24, 2.45) is 0 Å². The summed E-state index contributed by atoms with van der Waals surface area (Å²) in [5.41, 5.74) is 1.77. The summed E-state index contributed by atoms with van der Waals surface area (Å²) < 4.78 is 27.2. The molecule has 4 aromatic rings. The fourth-order valence-corrected chi connectivity index (χ4v) is 3.55. The van der Waals surface area contributed by atoms with E-state index in [1.807, 2.05) is 18.2 Å². The summed E-state index contributed by atoms with van der Waals surface area (Å²) in [6, 6.07) is 16.5. The zero-order chi connectivity index (χ0) is 20.5. The number of nitrogens with zero attached hydrogens (tertiary/aromatic N) is 1. The zero-order valence-electron chi connectivity index (χ0n) is 15.2. The molecule has 0 aliphatic rings. The van der Waals surface area contributed by atoms with Gasteiger partial charge in [-0.1, -0.05) is 41.4 Å². The fraction of sp³-hybridized carbons (Fsp3) is 0.0455. The topological polar surface area (TPSA) is 39.9 Å². The van der Waals surface area contributed by atoms with Gasteiger partial charge in [0, 0.05) is 23.4 Å². The van der Waals surface area contributed by atoms with E-state index in [0.29, 0.717) is 32.8 Å². The molecule has 0 amide bonds. The van der Waals surface area contributed by atoms with Gasteiger partial charge in [0.25, 0.3) is 0 Å². The van der Waals surface area contributed by atoms with Crippen LogP contribution >= 0.6 is 23.2 Å². The molecule has 29 heavy (non-hydrogen) atoms. The lowest BCUT2D eigenvalue weighted by molar-refractivity contribution is 0.0600. The summed E-state index contributed by atoms with van der Waals surface area (Å²) in [7, 11) is 1.25. The van der Waals surface area contributed by atoms with Crippen LogP contribution in [-0.4, -0.2) is 17.5 Å². The Labute approximate surface area is 176 Å². The first-order valence-electron chi connectivity index (χ1n) is 8.60. The Kier molecular flexibility index (Phi) is 5.18. The number of esters is 1. The third-order valence-electron chi connectivity index (χ3n) is 4.45. The maximum Gasteiger partial charge on any atom is 0.337 e. The zero-order valence-corrected chi connectivity index (χ0v) is 16.7. The van der Waals surface area contributed by atoms with Crippen molar-refractivity contribution in [2.45, 2.75) is 0 Å². The highest BCUT2D eigenvalue weighted by molar-refractivity contribution is 6.37. The number of hydrogen-bond acceptors (Lipinski definition) is 3. The minimum atomic E-state index is -0.602. The second-order valence-corrected chi connectivity index (χ2v) is 7.01. The Balaban J connectivity index is 1.84. The summed E-state index contributed by atoms with van der Waals surface area (Å²) in [5, 5.41) is 0.720. The van der Waals surface area contributed by atoms with Gasteiger partial charge >= 0.3 is 5.97 Å². The average molecular weight is 430 g/mol. The van der Waals surface area contributed by atoms with Gasteiger partial charge < -0.3 is 9.47 Å². The standard InChI is InChI=1S/C22H14Cl2FNO3/c1-28-22(27)13-8-9-14(18(25)11-13)15-12-20(26-10-3-2-7-19(15)26)29-21-16(23)5-4-6-17(21)24/h2-12H,1H3. The molecule has 4 rings (SSSR count). The SMILES string of the molecule is COC(=O)c1ccc(-c2cc(Oc3c(Cl)cccc3Cl)n3ccccc23)c(F)c1. The molecule has 0 atom stereocenters. The van der Waals surface area contributed by atoms with Gasteiger partial charge in [-0.25, -0.2) is 9.18 Å². The number of carbonyl (C=O) groups is 1. The molecule has 2 aromatic carbocycles. The Morgan fingerprint density at radius 2 is 1.72 bits per heavy atom. The van der Waals surface area contributed by atoms with Crippen LogP contribution in [0.3, 0.4) is 0 Å². The first kappa shape index (κ1) is 19.3. The normalized spacial score (nSPS) is 10.9. The molecule has 0 fully saturated rings. The Bertz CT molecular complexity index is 1220. The van der Waals surface area contributed by atoms with Crippen molar-refractivity contribution < 1.29 is 18.7 Å². The number of halogens is 3. The number of rotatable bonds is 4. The van der Waals surface area contributed by atoms with E-state index in [4.69, 9.17) is 27.9 Å². The molecule has 4 nitrogen and oxygen atoms in total. The van der Waals surface area contributed by atoms with E-state index < -0.39 is 11.8 Å². The molecule has 0 aliphatic carbocycles. The van der Waals surface area contributed by atoms with Gasteiger partial charge in [0.2, 0.25) is 5.88 Å². The summed E-state index contributed by atoms with van der Waals surface area (Å²) in [5.74, 6) is -0.421. The second kappa shape index (κ2) is 7.78. The van der Waals surface area contributed by atoms with E-state index in [-0.39, 0.29) is 5.56 Å². The lowest BCUT2D eigenvalue weighted by atomic mass is 10.0. The smallest absolute Gasteiger partial charge is 0.337 e. The van der Waals surface area contributed by atoms with Gasteiger partial charge in [-0.2, -0.15) is 0 Å². The van der Waals surface area contributed by atoms with Crippen molar-refractivity contribution in [3.8, 4) is 22.8 Å². The molecule has 0 aliphatic heterocycles. The third-order valence-corrected chi connectivity index (χ3v) is 5.04.